The summed E-state index contributed by atoms with van der Waals surface area (Å²) in [6.07, 6.45) is 5.18. The fraction of sp³-hybridized carbons (Fsp3) is 0.100. The van der Waals surface area contributed by atoms with Gasteiger partial charge < -0.3 is 15.4 Å². The van der Waals surface area contributed by atoms with Crippen LogP contribution in [0.3, 0.4) is 0 Å². The summed E-state index contributed by atoms with van der Waals surface area (Å²) < 4.78 is 7.38. The molecule has 2 amide bonds. The lowest BCUT2D eigenvalue weighted by atomic mass is 10.2. The minimum atomic E-state index is -0.322. The van der Waals surface area contributed by atoms with Gasteiger partial charge >= 0.3 is 6.03 Å². The average molecular weight is 406 g/mol. The van der Waals surface area contributed by atoms with E-state index in [0.29, 0.717) is 30.4 Å². The predicted molar refractivity (Wildman–Crippen MR) is 110 cm³/mol. The summed E-state index contributed by atoms with van der Waals surface area (Å²) in [6, 6.07) is 12.5. The first kappa shape index (κ1) is 18.6. The maximum absolute atomic E-state index is 12.3. The highest BCUT2D eigenvalue weighted by Crippen LogP contribution is 2.19. The number of rotatable bonds is 7. The van der Waals surface area contributed by atoms with Gasteiger partial charge in [0.15, 0.2) is 5.82 Å². The second-order valence-electron chi connectivity index (χ2n) is 6.04. The molecule has 0 radical (unpaired) electrons. The summed E-state index contributed by atoms with van der Waals surface area (Å²) in [5.41, 5.74) is 4.13. The molecule has 29 heavy (non-hydrogen) atoms. The molecule has 8 nitrogen and oxygen atoms in total. The van der Waals surface area contributed by atoms with Crippen molar-refractivity contribution in [2.75, 3.05) is 5.32 Å². The summed E-state index contributed by atoms with van der Waals surface area (Å²) >= 11 is 1.52. The van der Waals surface area contributed by atoms with E-state index in [1.54, 1.807) is 34.7 Å². The molecule has 0 fully saturated rings. The van der Waals surface area contributed by atoms with E-state index in [0.717, 1.165) is 11.3 Å². The Kier molecular flexibility index (Phi) is 5.77. The number of hydrogen-bond acceptors (Lipinski definition) is 6. The molecule has 4 rings (SSSR count). The highest BCUT2D eigenvalue weighted by atomic mass is 32.1. The maximum Gasteiger partial charge on any atom is 0.319 e. The number of amides is 2. The van der Waals surface area contributed by atoms with Crippen LogP contribution < -0.4 is 15.4 Å². The van der Waals surface area contributed by atoms with Crippen molar-refractivity contribution in [2.45, 2.75) is 13.2 Å². The predicted octanol–water partition coefficient (Wildman–Crippen LogP) is 3.62. The van der Waals surface area contributed by atoms with E-state index in [-0.39, 0.29) is 6.03 Å². The van der Waals surface area contributed by atoms with Crippen molar-refractivity contribution >= 4 is 23.1 Å². The molecule has 4 aromatic rings. The van der Waals surface area contributed by atoms with Crippen LogP contribution in [0.15, 0.2) is 71.9 Å². The van der Waals surface area contributed by atoms with Crippen molar-refractivity contribution in [2.24, 2.45) is 0 Å². The van der Waals surface area contributed by atoms with E-state index >= 15 is 0 Å². The van der Waals surface area contributed by atoms with E-state index in [1.165, 1.54) is 11.3 Å². The number of pyridine rings is 1. The fourth-order valence-electron chi connectivity index (χ4n) is 2.65. The van der Waals surface area contributed by atoms with Gasteiger partial charge in [0, 0.05) is 47.8 Å². The second kappa shape index (κ2) is 8.98. The molecular formula is C20H18N6O2S. The van der Waals surface area contributed by atoms with Gasteiger partial charge in [-0.3, -0.25) is 0 Å². The molecule has 9 heteroatoms. The maximum atomic E-state index is 12.3. The molecule has 2 N–H and O–H groups in total. The van der Waals surface area contributed by atoms with E-state index in [2.05, 4.69) is 25.7 Å². The van der Waals surface area contributed by atoms with Gasteiger partial charge in [-0.05, 0) is 24.3 Å². The molecule has 1 aromatic carbocycles. The zero-order valence-corrected chi connectivity index (χ0v) is 16.2. The van der Waals surface area contributed by atoms with Gasteiger partial charge in [0.25, 0.3) is 0 Å². The van der Waals surface area contributed by atoms with Gasteiger partial charge in [0.2, 0.25) is 0 Å². The molecule has 3 aromatic heterocycles. The van der Waals surface area contributed by atoms with Crippen molar-refractivity contribution in [3.8, 4) is 11.6 Å². The van der Waals surface area contributed by atoms with Gasteiger partial charge in [-0.15, -0.1) is 11.3 Å². The van der Waals surface area contributed by atoms with Crippen LogP contribution >= 0.6 is 11.3 Å². The first-order valence-corrected chi connectivity index (χ1v) is 9.81. The minimum Gasteiger partial charge on any atom is -0.487 e. The van der Waals surface area contributed by atoms with Crippen LogP contribution in [-0.2, 0) is 13.2 Å². The Morgan fingerprint density at radius 1 is 1.14 bits per heavy atom. The third kappa shape index (κ3) is 4.96. The summed E-state index contributed by atoms with van der Waals surface area (Å²) in [4.78, 5) is 20.9. The molecule has 0 aliphatic heterocycles. The summed E-state index contributed by atoms with van der Waals surface area (Å²) in [7, 11) is 0. The van der Waals surface area contributed by atoms with Gasteiger partial charge in [0.1, 0.15) is 12.4 Å². The van der Waals surface area contributed by atoms with Gasteiger partial charge in [-0.1, -0.05) is 12.1 Å². The highest BCUT2D eigenvalue weighted by molar-refractivity contribution is 7.07. The monoisotopic (exact) mass is 406 g/mol. The van der Waals surface area contributed by atoms with Crippen LogP contribution in [0.25, 0.3) is 5.82 Å². The van der Waals surface area contributed by atoms with Crippen molar-refractivity contribution in [1.29, 1.82) is 0 Å². The minimum absolute atomic E-state index is 0.314. The number of thiazole rings is 1. The van der Waals surface area contributed by atoms with E-state index in [1.807, 2.05) is 41.9 Å². The zero-order valence-electron chi connectivity index (χ0n) is 15.4. The van der Waals surface area contributed by atoms with E-state index in [4.69, 9.17) is 4.74 Å². The Bertz CT molecular complexity index is 1070. The Labute approximate surface area is 171 Å². The lowest BCUT2D eigenvalue weighted by molar-refractivity contribution is 0.251. The molecule has 0 atom stereocenters. The first-order chi connectivity index (χ1) is 14.3. The summed E-state index contributed by atoms with van der Waals surface area (Å²) in [6.45, 7) is 0.700. The number of carbonyl (C=O) groups is 1. The van der Waals surface area contributed by atoms with Crippen LogP contribution in [0.1, 0.15) is 11.3 Å². The molecule has 146 valence electrons. The SMILES string of the molecule is O=C(NCc1cccnc1-n1cccn1)Nc1cccc(OCc2cscn2)c1. The lowest BCUT2D eigenvalue weighted by Crippen LogP contribution is -2.28. The quantitative estimate of drug-likeness (QED) is 0.489. The Morgan fingerprint density at radius 3 is 2.93 bits per heavy atom. The number of urea groups is 1. The van der Waals surface area contributed by atoms with Crippen molar-refractivity contribution < 1.29 is 9.53 Å². The smallest absolute Gasteiger partial charge is 0.319 e. The van der Waals surface area contributed by atoms with Crippen molar-refractivity contribution in [3.63, 3.8) is 0 Å². The summed E-state index contributed by atoms with van der Waals surface area (Å²) in [5, 5.41) is 11.8. The molecular weight excluding hydrogens is 388 g/mol. The number of anilines is 1. The van der Waals surface area contributed by atoms with Crippen LogP contribution in [0.5, 0.6) is 5.75 Å². The number of nitrogens with zero attached hydrogens (tertiary/aromatic N) is 4. The Hall–Kier alpha value is -3.72. The van der Waals surface area contributed by atoms with Crippen molar-refractivity contribution in [3.05, 3.63) is 83.2 Å². The molecule has 3 heterocycles. The topological polar surface area (TPSA) is 94.0 Å². The zero-order chi connectivity index (χ0) is 19.9. The van der Waals surface area contributed by atoms with E-state index in [9.17, 15) is 4.79 Å². The molecule has 0 unspecified atom stereocenters. The van der Waals surface area contributed by atoms with Crippen LogP contribution in [0.2, 0.25) is 0 Å². The molecule has 0 aliphatic rings. The molecule has 0 bridgehead atoms. The summed E-state index contributed by atoms with van der Waals surface area (Å²) in [5.74, 6) is 1.33. The van der Waals surface area contributed by atoms with Gasteiger partial charge in [-0.2, -0.15) is 5.10 Å². The number of benzene rings is 1. The molecule has 0 saturated heterocycles. The standard InChI is InChI=1S/C20H18N6O2S/c27-20(22-11-15-4-2-7-21-19(15)26-9-3-8-24-26)25-16-5-1-6-18(10-16)28-12-17-13-29-14-23-17/h1-10,13-14H,11-12H2,(H2,22,25,27). The first-order valence-electron chi connectivity index (χ1n) is 8.86. The van der Waals surface area contributed by atoms with Gasteiger partial charge in [-0.25, -0.2) is 19.4 Å². The lowest BCUT2D eigenvalue weighted by Gasteiger charge is -2.11. The van der Waals surface area contributed by atoms with Crippen LogP contribution in [0, 0.1) is 0 Å². The normalized spacial score (nSPS) is 10.5. The molecule has 0 aliphatic carbocycles. The van der Waals surface area contributed by atoms with Crippen LogP contribution in [0.4, 0.5) is 10.5 Å². The average Bonchev–Trinajstić information content (AvgIpc) is 3.45. The number of hydrogen-bond donors (Lipinski definition) is 2. The van der Waals surface area contributed by atoms with Gasteiger partial charge in [0.05, 0.1) is 11.2 Å². The van der Waals surface area contributed by atoms with E-state index < -0.39 is 0 Å². The number of aromatic nitrogens is 4. The number of carbonyl (C=O) groups excluding carboxylic acids is 1. The third-order valence-corrected chi connectivity index (χ3v) is 4.63. The third-order valence-electron chi connectivity index (χ3n) is 3.99. The highest BCUT2D eigenvalue weighted by Gasteiger charge is 2.08. The largest absolute Gasteiger partial charge is 0.487 e. The number of nitrogens with one attached hydrogen (secondary N) is 2. The van der Waals surface area contributed by atoms with Crippen molar-refractivity contribution in [1.82, 2.24) is 25.1 Å². The number of ether oxygens (including phenoxy) is 1. The molecule has 0 saturated carbocycles. The fourth-order valence-corrected chi connectivity index (χ4v) is 3.19. The Morgan fingerprint density at radius 2 is 2.10 bits per heavy atom. The van der Waals surface area contributed by atoms with Crippen LogP contribution in [-0.4, -0.2) is 25.8 Å². The Balaban J connectivity index is 1.34. The molecule has 0 spiro atoms. The second-order valence-corrected chi connectivity index (χ2v) is 6.76.